The number of rotatable bonds is 2. The Morgan fingerprint density at radius 2 is 1.94 bits per heavy atom. The number of phenolic OH excluding ortho intramolecular Hbond substituents is 1. The number of phenols is 1. The van der Waals surface area contributed by atoms with E-state index in [-0.39, 0.29) is 0 Å². The van der Waals surface area contributed by atoms with Gasteiger partial charge >= 0.3 is 0 Å². The van der Waals surface area contributed by atoms with Gasteiger partial charge in [-0.25, -0.2) is 0 Å². The van der Waals surface area contributed by atoms with E-state index in [2.05, 4.69) is 45.1 Å². The second-order valence-electron chi connectivity index (χ2n) is 5.02. The lowest BCUT2D eigenvalue weighted by Crippen LogP contribution is -1.95. The summed E-state index contributed by atoms with van der Waals surface area (Å²) in [5.41, 5.74) is 4.72. The quantitative estimate of drug-likeness (QED) is 0.786. The van der Waals surface area contributed by atoms with Gasteiger partial charge in [0.2, 0.25) is 0 Å². The van der Waals surface area contributed by atoms with Crippen molar-refractivity contribution in [2.24, 2.45) is 0 Å². The standard InChI is InChI=1S/C16H20O/c1-11(2)14-10-15(12(3)9-16(14)17)13-7-5-4-6-8-13/h5,7-11,17H,4,6H2,1-3H3. The predicted octanol–water partition coefficient (Wildman–Crippen LogP) is 4.56. The molecule has 90 valence electrons. The molecule has 0 saturated heterocycles. The van der Waals surface area contributed by atoms with Crippen LogP contribution in [0.3, 0.4) is 0 Å². The van der Waals surface area contributed by atoms with E-state index in [4.69, 9.17) is 0 Å². The third-order valence-corrected chi connectivity index (χ3v) is 3.30. The predicted molar refractivity (Wildman–Crippen MR) is 73.3 cm³/mol. The zero-order valence-electron chi connectivity index (χ0n) is 10.8. The summed E-state index contributed by atoms with van der Waals surface area (Å²) in [4.78, 5) is 0. The normalized spacial score (nSPS) is 15.2. The zero-order chi connectivity index (χ0) is 12.4. The Hall–Kier alpha value is -1.50. The van der Waals surface area contributed by atoms with Crippen LogP contribution < -0.4 is 0 Å². The summed E-state index contributed by atoms with van der Waals surface area (Å²) in [6, 6.07) is 4.02. The minimum atomic E-state index is 0.350. The van der Waals surface area contributed by atoms with Gasteiger partial charge in [-0.1, -0.05) is 32.1 Å². The van der Waals surface area contributed by atoms with Crippen molar-refractivity contribution >= 4 is 5.57 Å². The molecule has 1 heteroatoms. The summed E-state index contributed by atoms with van der Waals surface area (Å²) in [6.45, 7) is 6.28. The Kier molecular flexibility index (Phi) is 3.37. The molecule has 0 bridgehead atoms. The average molecular weight is 228 g/mol. The van der Waals surface area contributed by atoms with E-state index >= 15 is 0 Å². The van der Waals surface area contributed by atoms with Gasteiger partial charge in [-0.05, 0) is 60.1 Å². The van der Waals surface area contributed by atoms with E-state index in [9.17, 15) is 5.11 Å². The van der Waals surface area contributed by atoms with Crippen molar-refractivity contribution in [3.63, 3.8) is 0 Å². The molecule has 1 aromatic rings. The lowest BCUT2D eigenvalue weighted by atomic mass is 9.91. The fourth-order valence-corrected chi connectivity index (χ4v) is 2.30. The molecule has 0 heterocycles. The number of aryl methyl sites for hydroxylation is 1. The first-order chi connectivity index (χ1) is 8.09. The highest BCUT2D eigenvalue weighted by molar-refractivity contribution is 5.77. The summed E-state index contributed by atoms with van der Waals surface area (Å²) in [7, 11) is 0. The Balaban J connectivity index is 2.50. The van der Waals surface area contributed by atoms with Gasteiger partial charge in [0.1, 0.15) is 5.75 Å². The summed E-state index contributed by atoms with van der Waals surface area (Å²) in [5, 5.41) is 9.95. The highest BCUT2D eigenvalue weighted by atomic mass is 16.3. The fraction of sp³-hybridized carbons (Fsp3) is 0.375. The number of benzene rings is 1. The Labute approximate surface area is 103 Å². The maximum absolute atomic E-state index is 9.95. The van der Waals surface area contributed by atoms with Crippen LogP contribution in [0.4, 0.5) is 0 Å². The van der Waals surface area contributed by atoms with Crippen molar-refractivity contribution in [2.45, 2.75) is 39.5 Å². The topological polar surface area (TPSA) is 20.2 Å². The van der Waals surface area contributed by atoms with Crippen LogP contribution in [0, 0.1) is 6.92 Å². The van der Waals surface area contributed by atoms with Crippen molar-refractivity contribution in [2.75, 3.05) is 0 Å². The molecule has 0 aromatic heterocycles. The summed E-state index contributed by atoms with van der Waals surface area (Å²) < 4.78 is 0. The minimum Gasteiger partial charge on any atom is -0.508 e. The molecular weight excluding hydrogens is 208 g/mol. The smallest absolute Gasteiger partial charge is 0.119 e. The van der Waals surface area contributed by atoms with Crippen molar-refractivity contribution in [1.29, 1.82) is 0 Å². The van der Waals surface area contributed by atoms with Crippen LogP contribution in [0.25, 0.3) is 5.57 Å². The molecule has 0 atom stereocenters. The molecule has 0 unspecified atom stereocenters. The second-order valence-corrected chi connectivity index (χ2v) is 5.02. The van der Waals surface area contributed by atoms with E-state index in [1.165, 1.54) is 11.1 Å². The van der Waals surface area contributed by atoms with Gasteiger partial charge in [0.15, 0.2) is 0 Å². The molecule has 0 fully saturated rings. The minimum absolute atomic E-state index is 0.350. The summed E-state index contributed by atoms with van der Waals surface area (Å²) >= 11 is 0. The summed E-state index contributed by atoms with van der Waals surface area (Å²) in [5.74, 6) is 0.768. The zero-order valence-corrected chi connectivity index (χ0v) is 10.8. The van der Waals surface area contributed by atoms with Crippen LogP contribution in [0.2, 0.25) is 0 Å². The van der Waals surface area contributed by atoms with Crippen LogP contribution in [-0.2, 0) is 0 Å². The molecule has 0 spiro atoms. The Morgan fingerprint density at radius 3 is 2.53 bits per heavy atom. The first-order valence-corrected chi connectivity index (χ1v) is 6.30. The molecule has 2 rings (SSSR count). The molecule has 1 nitrogen and oxygen atoms in total. The van der Waals surface area contributed by atoms with E-state index in [0.717, 1.165) is 24.0 Å². The van der Waals surface area contributed by atoms with Crippen LogP contribution in [-0.4, -0.2) is 5.11 Å². The van der Waals surface area contributed by atoms with E-state index in [1.807, 2.05) is 6.07 Å². The van der Waals surface area contributed by atoms with Crippen molar-refractivity contribution in [3.8, 4) is 5.75 Å². The largest absolute Gasteiger partial charge is 0.508 e. The highest BCUT2D eigenvalue weighted by Gasteiger charge is 2.12. The summed E-state index contributed by atoms with van der Waals surface area (Å²) in [6.07, 6.45) is 8.94. The number of hydrogen-bond acceptors (Lipinski definition) is 1. The molecule has 0 aliphatic heterocycles. The molecule has 0 radical (unpaired) electrons. The molecule has 1 aliphatic carbocycles. The van der Waals surface area contributed by atoms with Gasteiger partial charge in [0.05, 0.1) is 0 Å². The number of allylic oxidation sites excluding steroid dienone is 4. The van der Waals surface area contributed by atoms with Gasteiger partial charge in [-0.15, -0.1) is 0 Å². The van der Waals surface area contributed by atoms with Crippen LogP contribution >= 0.6 is 0 Å². The molecular formula is C16H20O. The number of aromatic hydroxyl groups is 1. The van der Waals surface area contributed by atoms with Crippen LogP contribution in [0.5, 0.6) is 5.75 Å². The average Bonchev–Trinajstić information content (AvgIpc) is 2.29. The SMILES string of the molecule is Cc1cc(O)c(C(C)C)cc1C1=CCCC=C1. The molecule has 0 saturated carbocycles. The third kappa shape index (κ3) is 2.44. The third-order valence-electron chi connectivity index (χ3n) is 3.30. The second kappa shape index (κ2) is 4.79. The Morgan fingerprint density at radius 1 is 1.18 bits per heavy atom. The highest BCUT2D eigenvalue weighted by Crippen LogP contribution is 2.33. The van der Waals surface area contributed by atoms with Gasteiger partial charge in [-0.2, -0.15) is 0 Å². The van der Waals surface area contributed by atoms with E-state index in [0.29, 0.717) is 11.7 Å². The van der Waals surface area contributed by atoms with Gasteiger partial charge in [0, 0.05) is 0 Å². The maximum Gasteiger partial charge on any atom is 0.119 e. The molecule has 1 N–H and O–H groups in total. The monoisotopic (exact) mass is 228 g/mol. The van der Waals surface area contributed by atoms with Gasteiger partial charge < -0.3 is 5.11 Å². The van der Waals surface area contributed by atoms with Crippen molar-refractivity contribution in [3.05, 3.63) is 47.1 Å². The first kappa shape index (κ1) is 12.0. The van der Waals surface area contributed by atoms with E-state index < -0.39 is 0 Å². The van der Waals surface area contributed by atoms with Gasteiger partial charge in [-0.3, -0.25) is 0 Å². The molecule has 17 heavy (non-hydrogen) atoms. The molecule has 1 aromatic carbocycles. The Bertz CT molecular complexity index is 479. The first-order valence-electron chi connectivity index (χ1n) is 6.30. The molecule has 1 aliphatic rings. The lowest BCUT2D eigenvalue weighted by Gasteiger charge is -2.15. The van der Waals surface area contributed by atoms with Crippen molar-refractivity contribution in [1.82, 2.24) is 0 Å². The van der Waals surface area contributed by atoms with E-state index in [1.54, 1.807) is 0 Å². The van der Waals surface area contributed by atoms with Gasteiger partial charge in [0.25, 0.3) is 0 Å². The fourth-order valence-electron chi connectivity index (χ4n) is 2.30. The van der Waals surface area contributed by atoms with Crippen LogP contribution in [0.1, 0.15) is 49.3 Å². The van der Waals surface area contributed by atoms with Crippen LogP contribution in [0.15, 0.2) is 30.4 Å². The number of hydrogen-bond donors (Lipinski definition) is 1. The van der Waals surface area contributed by atoms with Crippen molar-refractivity contribution < 1.29 is 5.11 Å². The molecule has 0 amide bonds. The maximum atomic E-state index is 9.95. The lowest BCUT2D eigenvalue weighted by molar-refractivity contribution is 0.464.